The summed E-state index contributed by atoms with van der Waals surface area (Å²) in [6, 6.07) is 2.43. The SMILES string of the molecule is NC1CCN(Cc2ncc(Br)cc2Br)CC1. The Morgan fingerprint density at radius 3 is 2.69 bits per heavy atom. The van der Waals surface area contributed by atoms with E-state index in [1.54, 1.807) is 0 Å². The van der Waals surface area contributed by atoms with E-state index in [2.05, 4.69) is 41.7 Å². The molecule has 3 nitrogen and oxygen atoms in total. The molecule has 1 saturated heterocycles. The van der Waals surface area contributed by atoms with Crippen molar-refractivity contribution in [1.29, 1.82) is 0 Å². The molecule has 2 N–H and O–H groups in total. The molecule has 1 aromatic heterocycles. The van der Waals surface area contributed by atoms with E-state index in [-0.39, 0.29) is 0 Å². The molecule has 0 atom stereocenters. The van der Waals surface area contributed by atoms with Crippen molar-refractivity contribution in [1.82, 2.24) is 9.88 Å². The third kappa shape index (κ3) is 3.26. The average Bonchev–Trinajstić information content (AvgIpc) is 2.25. The van der Waals surface area contributed by atoms with Crippen LogP contribution in [0.1, 0.15) is 18.5 Å². The normalized spacial score (nSPS) is 18.9. The van der Waals surface area contributed by atoms with E-state index in [1.165, 1.54) is 0 Å². The summed E-state index contributed by atoms with van der Waals surface area (Å²) in [5, 5.41) is 0. The van der Waals surface area contributed by atoms with E-state index in [1.807, 2.05) is 12.3 Å². The molecule has 0 bridgehead atoms. The molecule has 1 fully saturated rings. The first-order valence-electron chi connectivity index (χ1n) is 5.43. The molecule has 16 heavy (non-hydrogen) atoms. The van der Waals surface area contributed by atoms with Gasteiger partial charge in [0, 0.05) is 40.8 Å². The highest BCUT2D eigenvalue weighted by atomic mass is 79.9. The van der Waals surface area contributed by atoms with Crippen LogP contribution in [0.4, 0.5) is 0 Å². The maximum Gasteiger partial charge on any atom is 0.0686 e. The van der Waals surface area contributed by atoms with Crippen LogP contribution in [-0.2, 0) is 6.54 Å². The van der Waals surface area contributed by atoms with E-state index in [4.69, 9.17) is 5.73 Å². The number of rotatable bonds is 2. The summed E-state index contributed by atoms with van der Waals surface area (Å²) in [6.45, 7) is 3.05. The molecule has 2 heterocycles. The van der Waals surface area contributed by atoms with E-state index >= 15 is 0 Å². The van der Waals surface area contributed by atoms with Crippen LogP contribution in [0.2, 0.25) is 0 Å². The van der Waals surface area contributed by atoms with Gasteiger partial charge in [-0.15, -0.1) is 0 Å². The second-order valence-corrected chi connectivity index (χ2v) is 5.97. The van der Waals surface area contributed by atoms with Gasteiger partial charge in [0.25, 0.3) is 0 Å². The fraction of sp³-hybridized carbons (Fsp3) is 0.545. The third-order valence-corrected chi connectivity index (χ3v) is 4.01. The summed E-state index contributed by atoms with van der Waals surface area (Å²) >= 11 is 6.95. The molecular weight excluding hydrogens is 334 g/mol. The number of nitrogens with two attached hydrogens (primary N) is 1. The summed E-state index contributed by atoms with van der Waals surface area (Å²) in [5.74, 6) is 0. The largest absolute Gasteiger partial charge is 0.328 e. The minimum absolute atomic E-state index is 0.387. The maximum absolute atomic E-state index is 5.88. The molecule has 0 amide bonds. The van der Waals surface area contributed by atoms with E-state index < -0.39 is 0 Å². The van der Waals surface area contributed by atoms with Gasteiger partial charge in [-0.1, -0.05) is 0 Å². The Morgan fingerprint density at radius 1 is 1.38 bits per heavy atom. The third-order valence-electron chi connectivity index (χ3n) is 2.89. The molecule has 0 aliphatic carbocycles. The number of halogens is 2. The molecule has 2 rings (SSSR count). The van der Waals surface area contributed by atoms with E-state index in [9.17, 15) is 0 Å². The Bertz CT molecular complexity index is 362. The van der Waals surface area contributed by atoms with Gasteiger partial charge in [-0.25, -0.2) is 0 Å². The highest BCUT2D eigenvalue weighted by Crippen LogP contribution is 2.21. The first-order valence-corrected chi connectivity index (χ1v) is 7.01. The van der Waals surface area contributed by atoms with Gasteiger partial charge in [-0.3, -0.25) is 9.88 Å². The number of likely N-dealkylation sites (tertiary alicyclic amines) is 1. The second-order valence-electron chi connectivity index (χ2n) is 4.20. The predicted molar refractivity (Wildman–Crippen MR) is 72.1 cm³/mol. The van der Waals surface area contributed by atoms with Crippen LogP contribution >= 0.6 is 31.9 Å². The zero-order chi connectivity index (χ0) is 11.5. The quantitative estimate of drug-likeness (QED) is 0.892. The Hall–Kier alpha value is 0.0300. The first-order chi connectivity index (χ1) is 7.65. The Kier molecular flexibility index (Phi) is 4.35. The number of hydrogen-bond acceptors (Lipinski definition) is 3. The zero-order valence-corrected chi connectivity index (χ0v) is 12.2. The van der Waals surface area contributed by atoms with Gasteiger partial charge in [-0.2, -0.15) is 0 Å². The lowest BCUT2D eigenvalue weighted by atomic mass is 10.1. The van der Waals surface area contributed by atoms with Crippen molar-refractivity contribution in [2.24, 2.45) is 5.73 Å². The van der Waals surface area contributed by atoms with E-state index in [0.717, 1.165) is 47.1 Å². The molecule has 1 aliphatic rings. The zero-order valence-electron chi connectivity index (χ0n) is 9.00. The van der Waals surface area contributed by atoms with Crippen molar-refractivity contribution in [3.8, 4) is 0 Å². The van der Waals surface area contributed by atoms with Crippen LogP contribution in [-0.4, -0.2) is 29.0 Å². The molecule has 0 aromatic carbocycles. The molecule has 0 radical (unpaired) electrons. The van der Waals surface area contributed by atoms with Crippen molar-refractivity contribution in [2.75, 3.05) is 13.1 Å². The van der Waals surface area contributed by atoms with Crippen LogP contribution in [0.5, 0.6) is 0 Å². The number of nitrogens with zero attached hydrogens (tertiary/aromatic N) is 2. The summed E-state index contributed by atoms with van der Waals surface area (Å²) in [7, 11) is 0. The number of aromatic nitrogens is 1. The van der Waals surface area contributed by atoms with Gasteiger partial charge in [0.2, 0.25) is 0 Å². The van der Waals surface area contributed by atoms with Crippen molar-refractivity contribution in [2.45, 2.75) is 25.4 Å². The number of hydrogen-bond donors (Lipinski definition) is 1. The summed E-state index contributed by atoms with van der Waals surface area (Å²) in [6.07, 6.45) is 4.03. The summed E-state index contributed by atoms with van der Waals surface area (Å²) in [5.41, 5.74) is 6.98. The lowest BCUT2D eigenvalue weighted by Gasteiger charge is -2.29. The smallest absolute Gasteiger partial charge is 0.0686 e. The molecule has 0 spiro atoms. The van der Waals surface area contributed by atoms with Crippen LogP contribution in [0.15, 0.2) is 21.2 Å². The van der Waals surface area contributed by atoms with Crippen molar-refractivity contribution in [3.05, 3.63) is 26.9 Å². The van der Waals surface area contributed by atoms with E-state index in [0.29, 0.717) is 6.04 Å². The molecule has 88 valence electrons. The van der Waals surface area contributed by atoms with Gasteiger partial charge in [0.05, 0.1) is 5.69 Å². The average molecular weight is 349 g/mol. The molecular formula is C11H15Br2N3. The molecule has 1 aliphatic heterocycles. The number of pyridine rings is 1. The molecule has 5 heteroatoms. The highest BCUT2D eigenvalue weighted by Gasteiger charge is 2.17. The van der Waals surface area contributed by atoms with Crippen molar-refractivity contribution < 1.29 is 0 Å². The second kappa shape index (κ2) is 5.58. The van der Waals surface area contributed by atoms with Crippen LogP contribution in [0.3, 0.4) is 0 Å². The van der Waals surface area contributed by atoms with Gasteiger partial charge in [0.1, 0.15) is 0 Å². The van der Waals surface area contributed by atoms with Crippen LogP contribution in [0, 0.1) is 0 Å². The monoisotopic (exact) mass is 347 g/mol. The van der Waals surface area contributed by atoms with Gasteiger partial charge in [0.15, 0.2) is 0 Å². The summed E-state index contributed by atoms with van der Waals surface area (Å²) in [4.78, 5) is 6.83. The summed E-state index contributed by atoms with van der Waals surface area (Å²) < 4.78 is 2.07. The van der Waals surface area contributed by atoms with Gasteiger partial charge in [-0.05, 0) is 50.8 Å². The standard InChI is InChI=1S/C11H15Br2N3/c12-8-5-10(13)11(15-6-8)7-16-3-1-9(14)2-4-16/h5-6,9H,1-4,7,14H2. The lowest BCUT2D eigenvalue weighted by Crippen LogP contribution is -2.39. The minimum atomic E-state index is 0.387. The first kappa shape index (κ1) is 12.5. The Labute approximate surface area is 113 Å². The lowest BCUT2D eigenvalue weighted by molar-refractivity contribution is 0.203. The topological polar surface area (TPSA) is 42.1 Å². The predicted octanol–water partition coefficient (Wildman–Crippen LogP) is 2.53. The minimum Gasteiger partial charge on any atom is -0.328 e. The molecule has 0 unspecified atom stereocenters. The fourth-order valence-corrected chi connectivity index (χ4v) is 2.99. The molecule has 0 saturated carbocycles. The maximum atomic E-state index is 5.88. The Balaban J connectivity index is 1.98. The van der Waals surface area contributed by atoms with Crippen LogP contribution < -0.4 is 5.73 Å². The Morgan fingerprint density at radius 2 is 2.06 bits per heavy atom. The van der Waals surface area contributed by atoms with Crippen molar-refractivity contribution in [3.63, 3.8) is 0 Å². The van der Waals surface area contributed by atoms with Crippen LogP contribution in [0.25, 0.3) is 0 Å². The van der Waals surface area contributed by atoms with Crippen molar-refractivity contribution >= 4 is 31.9 Å². The van der Waals surface area contributed by atoms with Gasteiger partial charge < -0.3 is 5.73 Å². The highest BCUT2D eigenvalue weighted by molar-refractivity contribution is 9.11. The fourth-order valence-electron chi connectivity index (χ4n) is 1.88. The van der Waals surface area contributed by atoms with Gasteiger partial charge >= 0.3 is 0 Å². The number of piperidine rings is 1. The molecule has 1 aromatic rings.